The highest BCUT2D eigenvalue weighted by atomic mass is 15.2. The zero-order valence-corrected chi connectivity index (χ0v) is 10.4. The molecule has 5 N–H and O–H groups in total. The number of hydrogen-bond donors (Lipinski definition) is 3. The molecule has 1 atom stereocenters. The van der Waals surface area contributed by atoms with Gasteiger partial charge < -0.3 is 5.73 Å². The van der Waals surface area contributed by atoms with Gasteiger partial charge in [-0.1, -0.05) is 35.9 Å². The second-order valence-corrected chi connectivity index (χ2v) is 4.38. The average Bonchev–Trinajstić information content (AvgIpc) is 2.39. The van der Waals surface area contributed by atoms with E-state index in [4.69, 9.17) is 11.6 Å². The maximum Gasteiger partial charge on any atom is 0.126 e. The summed E-state index contributed by atoms with van der Waals surface area (Å²) in [5.74, 6) is 6.19. The summed E-state index contributed by atoms with van der Waals surface area (Å²) >= 11 is 0. The summed E-state index contributed by atoms with van der Waals surface area (Å²) in [6.45, 7) is 2.06. The summed E-state index contributed by atoms with van der Waals surface area (Å²) in [7, 11) is 0. The van der Waals surface area contributed by atoms with Crippen molar-refractivity contribution in [3.8, 4) is 0 Å². The van der Waals surface area contributed by atoms with Gasteiger partial charge in [-0.3, -0.25) is 11.3 Å². The number of rotatable bonds is 4. The number of nitrogens with zero attached hydrogens (tertiary/aromatic N) is 1. The van der Waals surface area contributed by atoms with E-state index in [-0.39, 0.29) is 6.04 Å². The highest BCUT2D eigenvalue weighted by molar-refractivity contribution is 5.40. The fourth-order valence-corrected chi connectivity index (χ4v) is 1.92. The molecule has 0 fully saturated rings. The van der Waals surface area contributed by atoms with Crippen molar-refractivity contribution in [2.45, 2.75) is 19.4 Å². The van der Waals surface area contributed by atoms with Gasteiger partial charge in [0.15, 0.2) is 0 Å². The van der Waals surface area contributed by atoms with Crippen molar-refractivity contribution in [1.82, 2.24) is 10.4 Å². The van der Waals surface area contributed by atoms with Crippen molar-refractivity contribution in [3.63, 3.8) is 0 Å². The first-order valence-corrected chi connectivity index (χ1v) is 5.93. The Morgan fingerprint density at radius 2 is 1.94 bits per heavy atom. The monoisotopic (exact) mass is 242 g/mol. The molecule has 1 heterocycles. The Balaban J connectivity index is 2.20. The molecular formula is C14H18N4. The summed E-state index contributed by atoms with van der Waals surface area (Å²) < 4.78 is 0. The third-order valence-corrected chi connectivity index (χ3v) is 3.03. The number of nitrogen functional groups attached to an aromatic ring is 1. The lowest BCUT2D eigenvalue weighted by Gasteiger charge is -2.17. The molecule has 1 aromatic carbocycles. The third-order valence-electron chi connectivity index (χ3n) is 3.03. The number of benzene rings is 1. The highest BCUT2D eigenvalue weighted by Crippen LogP contribution is 2.20. The largest absolute Gasteiger partial charge is 0.383 e. The second-order valence-electron chi connectivity index (χ2n) is 4.38. The molecule has 0 saturated carbocycles. The molecule has 0 aliphatic carbocycles. The van der Waals surface area contributed by atoms with Crippen LogP contribution < -0.4 is 17.0 Å². The number of hydrogen-bond acceptors (Lipinski definition) is 4. The first kappa shape index (κ1) is 12.5. The van der Waals surface area contributed by atoms with Crippen LogP contribution >= 0.6 is 0 Å². The molecule has 0 bridgehead atoms. The molecule has 4 nitrogen and oxygen atoms in total. The first-order chi connectivity index (χ1) is 8.70. The van der Waals surface area contributed by atoms with E-state index in [1.54, 1.807) is 6.20 Å². The van der Waals surface area contributed by atoms with Crippen molar-refractivity contribution in [2.24, 2.45) is 5.84 Å². The van der Waals surface area contributed by atoms with E-state index in [9.17, 15) is 0 Å². The number of pyridine rings is 1. The Morgan fingerprint density at radius 3 is 2.56 bits per heavy atom. The Morgan fingerprint density at radius 1 is 1.22 bits per heavy atom. The van der Waals surface area contributed by atoms with Crippen LogP contribution in [0, 0.1) is 6.92 Å². The van der Waals surface area contributed by atoms with E-state index in [1.807, 2.05) is 12.1 Å². The van der Waals surface area contributed by atoms with Crippen LogP contribution in [0.25, 0.3) is 0 Å². The van der Waals surface area contributed by atoms with Crippen LogP contribution in [-0.4, -0.2) is 4.98 Å². The van der Waals surface area contributed by atoms with Crippen LogP contribution in [0.15, 0.2) is 42.6 Å². The molecule has 2 aromatic rings. The third kappa shape index (κ3) is 2.85. The maximum atomic E-state index is 5.85. The maximum absolute atomic E-state index is 5.85. The summed E-state index contributed by atoms with van der Waals surface area (Å²) in [6.07, 6.45) is 2.41. The van der Waals surface area contributed by atoms with Crippen molar-refractivity contribution in [2.75, 3.05) is 5.73 Å². The SMILES string of the molecule is Cc1ccc(C(Cc2cccnc2N)NN)cc1. The Hall–Kier alpha value is -1.91. The molecule has 0 saturated heterocycles. The lowest BCUT2D eigenvalue weighted by molar-refractivity contribution is 0.552. The number of anilines is 1. The minimum Gasteiger partial charge on any atom is -0.383 e. The fourth-order valence-electron chi connectivity index (χ4n) is 1.92. The topological polar surface area (TPSA) is 77.0 Å². The lowest BCUT2D eigenvalue weighted by Crippen LogP contribution is -2.29. The number of nitrogens with two attached hydrogens (primary N) is 2. The standard InChI is InChI=1S/C14H18N4/c1-10-4-6-11(7-5-10)13(18-16)9-12-3-2-8-17-14(12)15/h2-8,13,18H,9,16H2,1H3,(H2,15,17). The van der Waals surface area contributed by atoms with Crippen LogP contribution in [0.5, 0.6) is 0 Å². The number of aryl methyl sites for hydroxylation is 1. The molecule has 0 aliphatic rings. The smallest absolute Gasteiger partial charge is 0.126 e. The molecule has 0 radical (unpaired) electrons. The zero-order chi connectivity index (χ0) is 13.0. The van der Waals surface area contributed by atoms with Gasteiger partial charge in [0.25, 0.3) is 0 Å². The molecule has 0 aliphatic heterocycles. The number of hydrazine groups is 1. The van der Waals surface area contributed by atoms with E-state index in [0.29, 0.717) is 5.82 Å². The molecule has 2 rings (SSSR count). The molecule has 0 amide bonds. The second kappa shape index (κ2) is 5.62. The average molecular weight is 242 g/mol. The minimum absolute atomic E-state index is 0.0390. The number of aromatic nitrogens is 1. The summed E-state index contributed by atoms with van der Waals surface area (Å²) in [5, 5.41) is 0. The molecule has 1 aromatic heterocycles. The van der Waals surface area contributed by atoms with E-state index in [0.717, 1.165) is 17.5 Å². The van der Waals surface area contributed by atoms with Gasteiger partial charge in [-0.05, 0) is 30.5 Å². The van der Waals surface area contributed by atoms with Crippen molar-refractivity contribution in [1.29, 1.82) is 0 Å². The van der Waals surface area contributed by atoms with Gasteiger partial charge in [-0.25, -0.2) is 4.98 Å². The Kier molecular flexibility index (Phi) is 3.92. The van der Waals surface area contributed by atoms with Gasteiger partial charge in [-0.15, -0.1) is 0 Å². The van der Waals surface area contributed by atoms with Gasteiger partial charge in [0, 0.05) is 6.20 Å². The minimum atomic E-state index is 0.0390. The van der Waals surface area contributed by atoms with E-state index in [1.165, 1.54) is 5.56 Å². The van der Waals surface area contributed by atoms with Crippen molar-refractivity contribution >= 4 is 5.82 Å². The zero-order valence-electron chi connectivity index (χ0n) is 10.4. The van der Waals surface area contributed by atoms with Crippen LogP contribution in [-0.2, 0) is 6.42 Å². The van der Waals surface area contributed by atoms with Crippen LogP contribution in [0.2, 0.25) is 0 Å². The van der Waals surface area contributed by atoms with Gasteiger partial charge in [-0.2, -0.15) is 0 Å². The summed E-state index contributed by atoms with van der Waals surface area (Å²) in [6, 6.07) is 12.2. The molecule has 1 unspecified atom stereocenters. The fraction of sp³-hybridized carbons (Fsp3) is 0.214. The lowest BCUT2D eigenvalue weighted by atomic mass is 9.99. The van der Waals surface area contributed by atoms with Gasteiger partial charge in [0.05, 0.1) is 6.04 Å². The highest BCUT2D eigenvalue weighted by Gasteiger charge is 2.12. The van der Waals surface area contributed by atoms with E-state index in [2.05, 4.69) is 41.6 Å². The summed E-state index contributed by atoms with van der Waals surface area (Å²) in [4.78, 5) is 4.08. The van der Waals surface area contributed by atoms with Gasteiger partial charge >= 0.3 is 0 Å². The van der Waals surface area contributed by atoms with Crippen LogP contribution in [0.4, 0.5) is 5.82 Å². The Bertz CT molecular complexity index is 507. The molecular weight excluding hydrogens is 224 g/mol. The van der Waals surface area contributed by atoms with Gasteiger partial charge in [0.2, 0.25) is 0 Å². The molecule has 18 heavy (non-hydrogen) atoms. The molecule has 94 valence electrons. The van der Waals surface area contributed by atoms with Crippen LogP contribution in [0.3, 0.4) is 0 Å². The molecule has 0 spiro atoms. The van der Waals surface area contributed by atoms with Crippen LogP contribution in [0.1, 0.15) is 22.7 Å². The normalized spacial score (nSPS) is 12.3. The predicted molar refractivity (Wildman–Crippen MR) is 73.6 cm³/mol. The molecule has 4 heteroatoms. The van der Waals surface area contributed by atoms with Crippen molar-refractivity contribution < 1.29 is 0 Å². The summed E-state index contributed by atoms with van der Waals surface area (Å²) in [5.41, 5.74) is 12.1. The van der Waals surface area contributed by atoms with E-state index < -0.39 is 0 Å². The van der Waals surface area contributed by atoms with Crippen molar-refractivity contribution in [3.05, 3.63) is 59.3 Å². The van der Waals surface area contributed by atoms with Gasteiger partial charge in [0.1, 0.15) is 5.82 Å². The Labute approximate surface area is 107 Å². The van der Waals surface area contributed by atoms with E-state index >= 15 is 0 Å². The number of nitrogens with one attached hydrogen (secondary N) is 1. The predicted octanol–water partition coefficient (Wildman–Crippen LogP) is 1.72. The first-order valence-electron chi connectivity index (χ1n) is 5.93. The quantitative estimate of drug-likeness (QED) is 0.563.